The summed E-state index contributed by atoms with van der Waals surface area (Å²) in [7, 11) is 1.75. The summed E-state index contributed by atoms with van der Waals surface area (Å²) < 4.78 is 0. The van der Waals surface area contributed by atoms with Crippen LogP contribution in [0.5, 0.6) is 0 Å². The van der Waals surface area contributed by atoms with Crippen LogP contribution in [0.25, 0.3) is 0 Å². The second-order valence-electron chi connectivity index (χ2n) is 4.77. The van der Waals surface area contributed by atoms with Gasteiger partial charge >= 0.3 is 5.97 Å². The van der Waals surface area contributed by atoms with Crippen molar-refractivity contribution in [3.8, 4) is 0 Å². The summed E-state index contributed by atoms with van der Waals surface area (Å²) in [5.41, 5.74) is 1.03. The van der Waals surface area contributed by atoms with Crippen molar-refractivity contribution in [3.63, 3.8) is 0 Å². The van der Waals surface area contributed by atoms with E-state index >= 15 is 0 Å². The van der Waals surface area contributed by atoms with Gasteiger partial charge in [0.05, 0.1) is 23.5 Å². The zero-order chi connectivity index (χ0) is 15.4. The van der Waals surface area contributed by atoms with Crippen LogP contribution in [0.4, 0.5) is 0 Å². The number of aryl methyl sites for hydroxylation is 1. The molecular formula is C15H16N2O3S. The maximum Gasteiger partial charge on any atom is 0.335 e. The predicted molar refractivity (Wildman–Crippen MR) is 80.4 cm³/mol. The summed E-state index contributed by atoms with van der Waals surface area (Å²) in [5.74, 6) is -0.977. The Kier molecular flexibility index (Phi) is 4.70. The van der Waals surface area contributed by atoms with Gasteiger partial charge < -0.3 is 10.0 Å². The van der Waals surface area contributed by atoms with Crippen molar-refractivity contribution in [1.82, 2.24) is 9.88 Å². The Balaban J connectivity index is 1.95. The minimum atomic E-state index is -0.967. The summed E-state index contributed by atoms with van der Waals surface area (Å²) >= 11 is 1.57. The van der Waals surface area contributed by atoms with Crippen molar-refractivity contribution < 1.29 is 14.7 Å². The first-order valence-electron chi connectivity index (χ1n) is 6.43. The fourth-order valence-corrected chi connectivity index (χ4v) is 2.72. The van der Waals surface area contributed by atoms with Crippen LogP contribution < -0.4 is 0 Å². The Hall–Kier alpha value is -2.21. The van der Waals surface area contributed by atoms with E-state index in [-0.39, 0.29) is 17.9 Å². The fourth-order valence-electron chi connectivity index (χ4n) is 1.88. The number of benzene rings is 1. The molecule has 0 unspecified atom stereocenters. The van der Waals surface area contributed by atoms with Gasteiger partial charge in [-0.05, 0) is 24.6 Å². The first-order chi connectivity index (χ1) is 9.95. The van der Waals surface area contributed by atoms with Gasteiger partial charge in [0, 0.05) is 18.1 Å². The minimum absolute atomic E-state index is 0.0101. The van der Waals surface area contributed by atoms with Crippen molar-refractivity contribution in [2.75, 3.05) is 7.05 Å². The second-order valence-corrected chi connectivity index (χ2v) is 6.09. The van der Waals surface area contributed by atoms with Crippen molar-refractivity contribution in [2.45, 2.75) is 19.9 Å². The lowest BCUT2D eigenvalue weighted by Gasteiger charge is -2.16. The van der Waals surface area contributed by atoms with Gasteiger partial charge in [-0.1, -0.05) is 12.1 Å². The Morgan fingerprint density at radius 1 is 1.29 bits per heavy atom. The number of carbonyl (C=O) groups is 2. The van der Waals surface area contributed by atoms with Gasteiger partial charge in [-0.15, -0.1) is 11.3 Å². The molecule has 1 N–H and O–H groups in total. The molecule has 1 aromatic heterocycles. The van der Waals surface area contributed by atoms with E-state index in [4.69, 9.17) is 5.11 Å². The molecule has 6 heteroatoms. The molecular weight excluding hydrogens is 288 g/mol. The summed E-state index contributed by atoms with van der Waals surface area (Å²) in [6.07, 6.45) is 2.04. The molecule has 0 saturated heterocycles. The average molecular weight is 304 g/mol. The van der Waals surface area contributed by atoms with Crippen molar-refractivity contribution in [3.05, 3.63) is 51.5 Å². The van der Waals surface area contributed by atoms with Crippen LogP contribution in [-0.2, 0) is 17.8 Å². The van der Waals surface area contributed by atoms with Crippen LogP contribution >= 0.6 is 11.3 Å². The fraction of sp³-hybridized carbons (Fsp3) is 0.267. The molecule has 0 radical (unpaired) electrons. The largest absolute Gasteiger partial charge is 0.478 e. The monoisotopic (exact) mass is 304 g/mol. The van der Waals surface area contributed by atoms with Crippen molar-refractivity contribution >= 4 is 23.2 Å². The third-order valence-corrected chi connectivity index (χ3v) is 3.94. The number of carbonyl (C=O) groups excluding carboxylic acids is 1. The number of hydrogen-bond donors (Lipinski definition) is 1. The molecule has 21 heavy (non-hydrogen) atoms. The smallest absolute Gasteiger partial charge is 0.335 e. The summed E-state index contributed by atoms with van der Waals surface area (Å²) in [4.78, 5) is 29.8. The maximum absolute atomic E-state index is 12.1. The number of carboxylic acid groups (broad SMARTS) is 1. The number of aromatic nitrogens is 1. The molecule has 0 aliphatic rings. The molecule has 1 aromatic carbocycles. The number of thiazole rings is 1. The Morgan fingerprint density at radius 3 is 2.48 bits per heavy atom. The number of nitrogens with zero attached hydrogens (tertiary/aromatic N) is 2. The highest BCUT2D eigenvalue weighted by molar-refractivity contribution is 7.11. The molecule has 0 atom stereocenters. The molecule has 2 aromatic rings. The molecule has 0 saturated carbocycles. The Bertz CT molecular complexity index is 649. The van der Waals surface area contributed by atoms with Crippen molar-refractivity contribution in [2.24, 2.45) is 0 Å². The lowest BCUT2D eigenvalue weighted by Crippen LogP contribution is -2.27. The van der Waals surface area contributed by atoms with Crippen molar-refractivity contribution in [1.29, 1.82) is 0 Å². The van der Waals surface area contributed by atoms with Gasteiger partial charge in [-0.2, -0.15) is 0 Å². The Morgan fingerprint density at radius 2 is 1.95 bits per heavy atom. The van der Waals surface area contributed by atoms with Crippen LogP contribution in [-0.4, -0.2) is 33.9 Å². The molecule has 110 valence electrons. The number of likely N-dealkylation sites (N-methyl/N-ethyl adjacent to an activating group) is 1. The van der Waals surface area contributed by atoms with Gasteiger partial charge in [0.25, 0.3) is 0 Å². The molecule has 1 amide bonds. The summed E-state index contributed by atoms with van der Waals surface area (Å²) in [6, 6.07) is 6.37. The van der Waals surface area contributed by atoms with E-state index in [1.807, 2.05) is 6.92 Å². The topological polar surface area (TPSA) is 70.5 Å². The third-order valence-electron chi connectivity index (χ3n) is 3.04. The molecule has 0 fully saturated rings. The second kappa shape index (κ2) is 6.49. The molecule has 0 bridgehead atoms. The highest BCUT2D eigenvalue weighted by Crippen LogP contribution is 2.14. The molecule has 1 heterocycles. The predicted octanol–water partition coefficient (Wildman–Crippen LogP) is 2.35. The molecule has 2 rings (SSSR count). The standard InChI is InChI=1S/C15H16N2O3S/c1-10-16-8-13(21-10)9-17(2)14(18)7-11-3-5-12(6-4-11)15(19)20/h3-6,8H,7,9H2,1-2H3,(H,19,20). The minimum Gasteiger partial charge on any atom is -0.478 e. The average Bonchev–Trinajstić information content (AvgIpc) is 2.84. The quantitative estimate of drug-likeness (QED) is 0.920. The van der Waals surface area contributed by atoms with E-state index in [0.717, 1.165) is 15.4 Å². The van der Waals surface area contributed by atoms with E-state index < -0.39 is 5.97 Å². The lowest BCUT2D eigenvalue weighted by atomic mass is 10.1. The number of aromatic carboxylic acids is 1. The molecule has 0 spiro atoms. The van der Waals surface area contributed by atoms with E-state index in [0.29, 0.717) is 6.54 Å². The maximum atomic E-state index is 12.1. The van der Waals surface area contributed by atoms with Crippen LogP contribution in [0.2, 0.25) is 0 Å². The van der Waals surface area contributed by atoms with Crippen LogP contribution in [0.3, 0.4) is 0 Å². The van der Waals surface area contributed by atoms with Crippen LogP contribution in [0.15, 0.2) is 30.5 Å². The lowest BCUT2D eigenvalue weighted by molar-refractivity contribution is -0.129. The van der Waals surface area contributed by atoms with Gasteiger partial charge in [0.2, 0.25) is 5.91 Å². The molecule has 0 aliphatic heterocycles. The normalized spacial score (nSPS) is 10.4. The number of rotatable bonds is 5. The first-order valence-corrected chi connectivity index (χ1v) is 7.25. The van der Waals surface area contributed by atoms with Crippen LogP contribution in [0.1, 0.15) is 25.8 Å². The van der Waals surface area contributed by atoms with Gasteiger partial charge in [-0.25, -0.2) is 9.78 Å². The molecule has 0 aliphatic carbocycles. The number of hydrogen-bond acceptors (Lipinski definition) is 4. The van der Waals surface area contributed by atoms with E-state index in [1.54, 1.807) is 41.6 Å². The van der Waals surface area contributed by atoms with Gasteiger partial charge in [-0.3, -0.25) is 4.79 Å². The highest BCUT2D eigenvalue weighted by Gasteiger charge is 2.12. The zero-order valence-electron chi connectivity index (χ0n) is 11.9. The summed E-state index contributed by atoms with van der Waals surface area (Å²) in [6.45, 7) is 2.47. The first kappa shape index (κ1) is 15.2. The highest BCUT2D eigenvalue weighted by atomic mass is 32.1. The SMILES string of the molecule is Cc1ncc(CN(C)C(=O)Cc2ccc(C(=O)O)cc2)s1. The zero-order valence-corrected chi connectivity index (χ0v) is 12.7. The van der Waals surface area contributed by atoms with Crippen LogP contribution in [0, 0.1) is 6.92 Å². The van der Waals surface area contributed by atoms with E-state index in [1.165, 1.54) is 12.1 Å². The van der Waals surface area contributed by atoms with E-state index in [2.05, 4.69) is 4.98 Å². The number of carboxylic acids is 1. The van der Waals surface area contributed by atoms with Gasteiger partial charge in [0.1, 0.15) is 0 Å². The number of amides is 1. The Labute approximate surface area is 126 Å². The third kappa shape index (κ3) is 4.13. The molecule has 5 nitrogen and oxygen atoms in total. The van der Waals surface area contributed by atoms with Gasteiger partial charge in [0.15, 0.2) is 0 Å². The van der Waals surface area contributed by atoms with E-state index in [9.17, 15) is 9.59 Å². The summed E-state index contributed by atoms with van der Waals surface area (Å²) in [5, 5.41) is 9.81.